The molecule has 0 saturated carbocycles. The summed E-state index contributed by atoms with van der Waals surface area (Å²) in [7, 11) is 3.76. The summed E-state index contributed by atoms with van der Waals surface area (Å²) in [4.78, 5) is 12.1. The molecule has 0 fully saturated rings. The number of hydrogen-bond acceptors (Lipinski definition) is 5. The number of nitrogens with zero attached hydrogens (tertiary/aromatic N) is 5. The van der Waals surface area contributed by atoms with Crippen LogP contribution in [-0.2, 0) is 0 Å². The minimum Gasteiger partial charge on any atom is -0.276 e. The number of fused-ring (bicyclic) bond motifs is 1. The van der Waals surface area contributed by atoms with Crippen molar-refractivity contribution in [3.05, 3.63) is 11.5 Å². The van der Waals surface area contributed by atoms with Gasteiger partial charge in [-0.05, 0) is 0 Å². The van der Waals surface area contributed by atoms with E-state index in [9.17, 15) is 0 Å². The van der Waals surface area contributed by atoms with E-state index in [2.05, 4.69) is 15.0 Å². The molecule has 1 aromatic heterocycles. The summed E-state index contributed by atoms with van der Waals surface area (Å²) in [6.07, 6.45) is 3.09. The molecule has 0 unspecified atom stereocenters. The molecule has 1 aromatic rings. The van der Waals surface area contributed by atoms with Crippen LogP contribution in [0.3, 0.4) is 0 Å². The van der Waals surface area contributed by atoms with Crippen molar-refractivity contribution in [3.63, 3.8) is 0 Å². The minimum atomic E-state index is 0.376. The van der Waals surface area contributed by atoms with Crippen molar-refractivity contribution in [2.75, 3.05) is 19.1 Å². The molecule has 0 saturated heterocycles. The third kappa shape index (κ3) is 1.21. The number of anilines is 1. The van der Waals surface area contributed by atoms with Crippen molar-refractivity contribution in [3.8, 4) is 0 Å². The van der Waals surface area contributed by atoms with Crippen molar-refractivity contribution in [2.45, 2.75) is 0 Å². The first-order valence-electron chi connectivity index (χ1n) is 3.71. The van der Waals surface area contributed by atoms with E-state index in [4.69, 9.17) is 11.6 Å². The molecule has 1 aliphatic heterocycles. The molecule has 6 heteroatoms. The van der Waals surface area contributed by atoms with Gasteiger partial charge in [0.2, 0.25) is 0 Å². The average molecular weight is 198 g/mol. The molecule has 0 aliphatic carbocycles. The molecule has 0 atom stereocenters. The number of hydrogen-bond donors (Lipinski definition) is 0. The minimum absolute atomic E-state index is 0.376. The van der Waals surface area contributed by atoms with Gasteiger partial charge in [0, 0.05) is 14.1 Å². The van der Waals surface area contributed by atoms with Gasteiger partial charge < -0.3 is 0 Å². The first-order valence-corrected chi connectivity index (χ1v) is 4.09. The van der Waals surface area contributed by atoms with Crippen molar-refractivity contribution < 1.29 is 0 Å². The van der Waals surface area contributed by atoms with E-state index >= 15 is 0 Å². The molecular weight excluding hydrogens is 190 g/mol. The summed E-state index contributed by atoms with van der Waals surface area (Å²) in [5, 5.41) is 4.03. The molecule has 13 heavy (non-hydrogen) atoms. The summed E-state index contributed by atoms with van der Waals surface area (Å²) >= 11 is 5.85. The van der Waals surface area contributed by atoms with Gasteiger partial charge >= 0.3 is 0 Å². The lowest BCUT2D eigenvalue weighted by Gasteiger charge is -2.30. The maximum Gasteiger partial charge on any atom is 0.178 e. The number of aromatic nitrogens is 2. The van der Waals surface area contributed by atoms with Crippen molar-refractivity contribution >= 4 is 29.4 Å². The molecular formula is C7H8ClN5. The number of halogens is 1. The lowest BCUT2D eigenvalue weighted by molar-refractivity contribution is 0.495. The SMILES string of the molecule is CN1C=Nc2c(Cl)ncnc2N1C. The van der Waals surface area contributed by atoms with Crippen LogP contribution in [0.1, 0.15) is 0 Å². The van der Waals surface area contributed by atoms with Gasteiger partial charge in [0.15, 0.2) is 11.0 Å². The first-order chi connectivity index (χ1) is 6.20. The number of hydrazine groups is 1. The highest BCUT2D eigenvalue weighted by Crippen LogP contribution is 2.33. The molecule has 0 amide bonds. The smallest absolute Gasteiger partial charge is 0.178 e. The lowest BCUT2D eigenvalue weighted by Crippen LogP contribution is -2.38. The fourth-order valence-electron chi connectivity index (χ4n) is 1.06. The largest absolute Gasteiger partial charge is 0.276 e. The van der Waals surface area contributed by atoms with E-state index < -0.39 is 0 Å². The second-order valence-corrected chi connectivity index (χ2v) is 3.04. The Morgan fingerprint density at radius 1 is 1.31 bits per heavy atom. The molecule has 0 aromatic carbocycles. The fraction of sp³-hybridized carbons (Fsp3) is 0.286. The van der Waals surface area contributed by atoms with Crippen LogP contribution < -0.4 is 5.01 Å². The summed E-state index contributed by atoms with van der Waals surface area (Å²) in [5.41, 5.74) is 0.616. The van der Waals surface area contributed by atoms with E-state index in [0.29, 0.717) is 16.7 Å². The van der Waals surface area contributed by atoms with Crippen LogP contribution in [0.2, 0.25) is 5.15 Å². The van der Waals surface area contributed by atoms with E-state index in [1.807, 2.05) is 24.1 Å². The molecule has 0 radical (unpaired) electrons. The lowest BCUT2D eigenvalue weighted by atomic mass is 10.4. The van der Waals surface area contributed by atoms with Gasteiger partial charge in [0.1, 0.15) is 18.4 Å². The van der Waals surface area contributed by atoms with Gasteiger partial charge in [-0.3, -0.25) is 10.0 Å². The van der Waals surface area contributed by atoms with Crippen LogP contribution in [0.25, 0.3) is 0 Å². The van der Waals surface area contributed by atoms with E-state index in [1.54, 1.807) is 6.34 Å². The zero-order chi connectivity index (χ0) is 9.42. The van der Waals surface area contributed by atoms with Crippen LogP contribution in [0.5, 0.6) is 0 Å². The normalized spacial score (nSPS) is 14.7. The zero-order valence-electron chi connectivity index (χ0n) is 7.27. The quantitative estimate of drug-likeness (QED) is 0.584. The van der Waals surface area contributed by atoms with Crippen LogP contribution in [-0.4, -0.2) is 35.4 Å². The molecule has 68 valence electrons. The summed E-state index contributed by atoms with van der Waals surface area (Å²) in [5.74, 6) is 0.713. The Morgan fingerprint density at radius 2 is 2.08 bits per heavy atom. The highest BCUT2D eigenvalue weighted by atomic mass is 35.5. The molecule has 2 rings (SSSR count). The first kappa shape index (κ1) is 8.25. The third-order valence-corrected chi connectivity index (χ3v) is 2.17. The second-order valence-electron chi connectivity index (χ2n) is 2.68. The maximum atomic E-state index is 5.85. The summed E-state index contributed by atoms with van der Waals surface area (Å²) in [6, 6.07) is 0. The number of rotatable bonds is 0. The summed E-state index contributed by atoms with van der Waals surface area (Å²) in [6.45, 7) is 0. The van der Waals surface area contributed by atoms with Crippen molar-refractivity contribution in [1.29, 1.82) is 0 Å². The van der Waals surface area contributed by atoms with Crippen molar-refractivity contribution in [2.24, 2.45) is 4.99 Å². The van der Waals surface area contributed by atoms with Crippen LogP contribution in [0.15, 0.2) is 11.3 Å². The Morgan fingerprint density at radius 3 is 2.85 bits per heavy atom. The third-order valence-electron chi connectivity index (χ3n) is 1.89. The Labute approximate surface area is 80.6 Å². The van der Waals surface area contributed by atoms with E-state index in [0.717, 1.165) is 0 Å². The van der Waals surface area contributed by atoms with Gasteiger partial charge in [0.05, 0.1) is 0 Å². The summed E-state index contributed by atoms with van der Waals surface area (Å²) < 4.78 is 0. The molecule has 0 spiro atoms. The highest BCUT2D eigenvalue weighted by Gasteiger charge is 2.18. The molecule has 0 N–H and O–H groups in total. The fourth-order valence-corrected chi connectivity index (χ4v) is 1.24. The Bertz CT molecular complexity index is 364. The zero-order valence-corrected chi connectivity index (χ0v) is 8.02. The van der Waals surface area contributed by atoms with Crippen LogP contribution in [0.4, 0.5) is 11.5 Å². The van der Waals surface area contributed by atoms with Gasteiger partial charge in [0.25, 0.3) is 0 Å². The maximum absolute atomic E-state index is 5.85. The standard InChI is InChI=1S/C7H8ClN5/c1-12-4-11-5-6(8)9-3-10-7(5)13(12)2/h3-4H,1-2H3. The van der Waals surface area contributed by atoms with Crippen LogP contribution >= 0.6 is 11.6 Å². The molecule has 1 aliphatic rings. The molecule has 2 heterocycles. The highest BCUT2D eigenvalue weighted by molar-refractivity contribution is 6.32. The van der Waals surface area contributed by atoms with Gasteiger partial charge in [-0.1, -0.05) is 11.6 Å². The Hall–Kier alpha value is -1.36. The van der Waals surface area contributed by atoms with E-state index in [1.165, 1.54) is 6.33 Å². The average Bonchev–Trinajstić information content (AvgIpc) is 2.12. The molecule has 0 bridgehead atoms. The predicted molar refractivity (Wildman–Crippen MR) is 51.4 cm³/mol. The van der Waals surface area contributed by atoms with Gasteiger partial charge in [-0.15, -0.1) is 0 Å². The topological polar surface area (TPSA) is 44.6 Å². The Balaban J connectivity index is 2.58. The molecule has 5 nitrogen and oxygen atoms in total. The van der Waals surface area contributed by atoms with Gasteiger partial charge in [-0.2, -0.15) is 0 Å². The predicted octanol–water partition coefficient (Wildman–Crippen LogP) is 1.09. The number of aliphatic imine (C=N–C) groups is 1. The Kier molecular flexibility index (Phi) is 1.81. The second kappa shape index (κ2) is 2.85. The van der Waals surface area contributed by atoms with Gasteiger partial charge in [-0.25, -0.2) is 15.0 Å². The van der Waals surface area contributed by atoms with Crippen LogP contribution in [0, 0.1) is 0 Å². The van der Waals surface area contributed by atoms with E-state index in [-0.39, 0.29) is 0 Å². The monoisotopic (exact) mass is 197 g/mol. The van der Waals surface area contributed by atoms with Crippen molar-refractivity contribution in [1.82, 2.24) is 15.0 Å².